The van der Waals surface area contributed by atoms with E-state index in [4.69, 9.17) is 14.6 Å². The van der Waals surface area contributed by atoms with Crippen LogP contribution in [0.25, 0.3) is 0 Å². The third kappa shape index (κ3) is 5.57. The lowest BCUT2D eigenvalue weighted by Crippen LogP contribution is -2.30. The average molecular weight is 192 g/mol. The minimum Gasteiger partial charge on any atom is -0.467 e. The van der Waals surface area contributed by atoms with Crippen LogP contribution in [0.1, 0.15) is 6.92 Å². The molecular formula is C8H16O5. The van der Waals surface area contributed by atoms with Gasteiger partial charge in [0.2, 0.25) is 0 Å². The minimum absolute atomic E-state index is 0.0722. The summed E-state index contributed by atoms with van der Waals surface area (Å²) < 4.78 is 14.2. The molecule has 0 aliphatic heterocycles. The maximum absolute atomic E-state index is 10.7. The highest BCUT2D eigenvalue weighted by atomic mass is 16.6. The molecule has 0 bridgehead atoms. The number of carbonyl (C=O) groups excluding carboxylic acids is 1. The second-order valence-electron chi connectivity index (χ2n) is 2.64. The summed E-state index contributed by atoms with van der Waals surface area (Å²) in [4.78, 5) is 10.7. The lowest BCUT2D eigenvalue weighted by molar-refractivity contribution is -0.155. The Morgan fingerprint density at radius 3 is 2.46 bits per heavy atom. The summed E-state index contributed by atoms with van der Waals surface area (Å²) in [5.41, 5.74) is 0. The maximum Gasteiger partial charge on any atom is 0.337 e. The van der Waals surface area contributed by atoms with Crippen LogP contribution in [0.2, 0.25) is 0 Å². The first-order valence-corrected chi connectivity index (χ1v) is 3.98. The van der Waals surface area contributed by atoms with Gasteiger partial charge in [-0.1, -0.05) is 0 Å². The Bertz CT molecular complexity index is 147. The van der Waals surface area contributed by atoms with Crippen LogP contribution in [0, 0.1) is 0 Å². The number of rotatable bonds is 6. The van der Waals surface area contributed by atoms with Crippen LogP contribution in [0.4, 0.5) is 0 Å². The smallest absolute Gasteiger partial charge is 0.337 e. The number of hydrogen-bond donors (Lipinski definition) is 1. The van der Waals surface area contributed by atoms with Gasteiger partial charge in [-0.2, -0.15) is 0 Å². The summed E-state index contributed by atoms with van der Waals surface area (Å²) in [7, 11) is 2.76. The number of hydrogen-bond acceptors (Lipinski definition) is 5. The number of methoxy groups -OCH3 is 2. The molecule has 0 aromatic rings. The van der Waals surface area contributed by atoms with E-state index < -0.39 is 12.1 Å². The van der Waals surface area contributed by atoms with E-state index in [1.54, 1.807) is 14.0 Å². The Morgan fingerprint density at radius 1 is 1.38 bits per heavy atom. The van der Waals surface area contributed by atoms with E-state index in [0.29, 0.717) is 6.61 Å². The topological polar surface area (TPSA) is 65.0 Å². The zero-order valence-electron chi connectivity index (χ0n) is 8.15. The molecule has 0 aromatic heterocycles. The van der Waals surface area contributed by atoms with Crippen LogP contribution < -0.4 is 0 Å². The van der Waals surface area contributed by atoms with Crippen molar-refractivity contribution in [1.29, 1.82) is 0 Å². The van der Waals surface area contributed by atoms with Gasteiger partial charge in [-0.3, -0.25) is 0 Å². The molecule has 5 nitrogen and oxygen atoms in total. The maximum atomic E-state index is 10.7. The van der Waals surface area contributed by atoms with Gasteiger partial charge < -0.3 is 19.3 Å². The predicted octanol–water partition coefficient (Wildman–Crippen LogP) is -0.428. The second kappa shape index (κ2) is 6.82. The van der Waals surface area contributed by atoms with E-state index in [0.717, 1.165) is 0 Å². The van der Waals surface area contributed by atoms with Crippen molar-refractivity contribution >= 4 is 5.97 Å². The number of carbonyl (C=O) groups is 1. The number of aliphatic hydroxyl groups excluding tert-OH is 1. The molecule has 2 atom stereocenters. The fourth-order valence-corrected chi connectivity index (χ4v) is 0.742. The van der Waals surface area contributed by atoms with Crippen LogP contribution in [-0.2, 0) is 19.0 Å². The van der Waals surface area contributed by atoms with Crippen molar-refractivity contribution in [3.63, 3.8) is 0 Å². The third-order valence-electron chi connectivity index (χ3n) is 1.41. The van der Waals surface area contributed by atoms with Gasteiger partial charge in [0.15, 0.2) is 6.10 Å². The standard InChI is InChI=1S/C8H16O5/c1-6(4-11-2)13-5-7(9)8(10)12-3/h6-7,9H,4-5H2,1-3H3/t6?,7-/m0/s1. The van der Waals surface area contributed by atoms with Crippen molar-refractivity contribution in [2.75, 3.05) is 27.4 Å². The van der Waals surface area contributed by atoms with Crippen molar-refractivity contribution in [2.45, 2.75) is 19.1 Å². The number of aliphatic hydroxyl groups is 1. The van der Waals surface area contributed by atoms with Crippen LogP contribution in [0.15, 0.2) is 0 Å². The third-order valence-corrected chi connectivity index (χ3v) is 1.41. The zero-order valence-corrected chi connectivity index (χ0v) is 8.15. The Labute approximate surface area is 77.6 Å². The number of ether oxygens (including phenoxy) is 3. The van der Waals surface area contributed by atoms with Gasteiger partial charge in [-0.15, -0.1) is 0 Å². The number of esters is 1. The normalized spacial score (nSPS) is 15.1. The van der Waals surface area contributed by atoms with Crippen LogP contribution >= 0.6 is 0 Å². The molecule has 0 aromatic carbocycles. The Kier molecular flexibility index (Phi) is 6.48. The summed E-state index contributed by atoms with van der Waals surface area (Å²) in [6.45, 7) is 2.14. The van der Waals surface area contributed by atoms with E-state index >= 15 is 0 Å². The van der Waals surface area contributed by atoms with Crippen molar-refractivity contribution < 1.29 is 24.1 Å². The molecule has 0 saturated carbocycles. The fourth-order valence-electron chi connectivity index (χ4n) is 0.742. The Balaban J connectivity index is 3.56. The second-order valence-corrected chi connectivity index (χ2v) is 2.64. The highest BCUT2D eigenvalue weighted by Gasteiger charge is 2.16. The molecule has 1 unspecified atom stereocenters. The molecule has 5 heteroatoms. The molecule has 1 N–H and O–H groups in total. The first kappa shape index (κ1) is 12.3. The summed E-state index contributed by atoms with van der Waals surface area (Å²) in [6.07, 6.45) is -1.37. The van der Waals surface area contributed by atoms with Gasteiger partial charge in [0.25, 0.3) is 0 Å². The van der Waals surface area contributed by atoms with Crippen LogP contribution in [0.5, 0.6) is 0 Å². The van der Waals surface area contributed by atoms with E-state index in [-0.39, 0.29) is 12.7 Å². The molecule has 0 spiro atoms. The molecule has 78 valence electrons. The van der Waals surface area contributed by atoms with Crippen molar-refractivity contribution in [3.8, 4) is 0 Å². The minimum atomic E-state index is -1.22. The first-order valence-electron chi connectivity index (χ1n) is 3.98. The molecule has 0 heterocycles. The zero-order chi connectivity index (χ0) is 10.3. The highest BCUT2D eigenvalue weighted by molar-refractivity contribution is 5.74. The molecule has 0 radical (unpaired) electrons. The van der Waals surface area contributed by atoms with Crippen molar-refractivity contribution in [2.24, 2.45) is 0 Å². The van der Waals surface area contributed by atoms with E-state index in [1.807, 2.05) is 0 Å². The fraction of sp³-hybridized carbons (Fsp3) is 0.875. The summed E-state index contributed by atoms with van der Waals surface area (Å²) in [5, 5.41) is 9.09. The SMILES string of the molecule is COCC(C)OC[C@H](O)C(=O)OC. The average Bonchev–Trinajstić information content (AvgIpc) is 2.13. The Hall–Kier alpha value is -0.650. The monoisotopic (exact) mass is 192 g/mol. The van der Waals surface area contributed by atoms with Crippen molar-refractivity contribution in [1.82, 2.24) is 0 Å². The highest BCUT2D eigenvalue weighted by Crippen LogP contribution is 1.95. The van der Waals surface area contributed by atoms with Crippen molar-refractivity contribution in [3.05, 3.63) is 0 Å². The van der Waals surface area contributed by atoms with Gasteiger partial charge in [0, 0.05) is 7.11 Å². The van der Waals surface area contributed by atoms with Gasteiger partial charge in [-0.05, 0) is 6.92 Å². The van der Waals surface area contributed by atoms with E-state index in [2.05, 4.69) is 4.74 Å². The molecule has 0 fully saturated rings. The lowest BCUT2D eigenvalue weighted by Gasteiger charge is -2.14. The predicted molar refractivity (Wildman–Crippen MR) is 45.3 cm³/mol. The first-order chi connectivity index (χ1) is 6.11. The Morgan fingerprint density at radius 2 is 2.00 bits per heavy atom. The molecule has 0 saturated heterocycles. The van der Waals surface area contributed by atoms with Gasteiger partial charge >= 0.3 is 5.97 Å². The molecule has 0 rings (SSSR count). The van der Waals surface area contributed by atoms with E-state index in [9.17, 15) is 4.79 Å². The molecular weight excluding hydrogens is 176 g/mol. The van der Waals surface area contributed by atoms with Gasteiger partial charge in [-0.25, -0.2) is 4.79 Å². The lowest BCUT2D eigenvalue weighted by atomic mass is 10.4. The summed E-state index contributed by atoms with van der Waals surface area (Å²) in [6, 6.07) is 0. The summed E-state index contributed by atoms with van der Waals surface area (Å²) >= 11 is 0. The molecule has 0 aliphatic rings. The van der Waals surface area contributed by atoms with Crippen LogP contribution in [0.3, 0.4) is 0 Å². The van der Waals surface area contributed by atoms with Gasteiger partial charge in [0.1, 0.15) is 0 Å². The van der Waals surface area contributed by atoms with E-state index in [1.165, 1.54) is 7.11 Å². The molecule has 13 heavy (non-hydrogen) atoms. The van der Waals surface area contributed by atoms with Crippen LogP contribution in [-0.4, -0.2) is 50.7 Å². The van der Waals surface area contributed by atoms with Gasteiger partial charge in [0.05, 0.1) is 26.4 Å². The summed E-state index contributed by atoms with van der Waals surface area (Å²) in [5.74, 6) is -0.690. The molecule has 0 aliphatic carbocycles. The largest absolute Gasteiger partial charge is 0.467 e. The molecule has 0 amide bonds. The quantitative estimate of drug-likeness (QED) is 0.578.